The van der Waals surface area contributed by atoms with E-state index in [1.165, 1.54) is 7.11 Å². The third kappa shape index (κ3) is 2.56. The summed E-state index contributed by atoms with van der Waals surface area (Å²) in [5, 5.41) is 0. The van der Waals surface area contributed by atoms with Gasteiger partial charge in [-0.3, -0.25) is 14.4 Å². The molecule has 0 N–H and O–H groups in total. The second-order valence-electron chi connectivity index (χ2n) is 6.72. The average molecular weight is 409 g/mol. The van der Waals surface area contributed by atoms with E-state index in [-0.39, 0.29) is 41.1 Å². The van der Waals surface area contributed by atoms with Gasteiger partial charge in [0.05, 0.1) is 23.8 Å². The maximum Gasteiger partial charge on any atom is 0.310 e. The number of halogens is 1. The largest absolute Gasteiger partial charge is 0.497 e. The van der Waals surface area contributed by atoms with Crippen molar-refractivity contribution in [3.8, 4) is 5.75 Å². The van der Waals surface area contributed by atoms with Crippen molar-refractivity contribution in [1.82, 2.24) is 0 Å². The minimum absolute atomic E-state index is 0.0193. The summed E-state index contributed by atoms with van der Waals surface area (Å²) in [5.74, 6) is -1.41. The molecule has 2 saturated carbocycles. The van der Waals surface area contributed by atoms with Gasteiger partial charge in [-0.1, -0.05) is 28.1 Å². The Bertz CT molecular complexity index is 747. The zero-order valence-corrected chi connectivity index (χ0v) is 15.1. The molecule has 0 amide bonds. The van der Waals surface area contributed by atoms with Crippen LogP contribution in [0.2, 0.25) is 0 Å². The molecule has 0 unspecified atom stereocenters. The molecule has 1 aromatic rings. The van der Waals surface area contributed by atoms with Gasteiger partial charge in [0.2, 0.25) is 0 Å². The van der Waals surface area contributed by atoms with Gasteiger partial charge in [-0.15, -0.1) is 0 Å². The Hall–Kier alpha value is -1.89. The normalized spacial score (nSPS) is 34.7. The Morgan fingerprint density at radius 3 is 2.88 bits per heavy atom. The molecule has 6 nitrogen and oxygen atoms in total. The fourth-order valence-corrected chi connectivity index (χ4v) is 5.45. The summed E-state index contributed by atoms with van der Waals surface area (Å²) < 4.78 is 15.7. The molecule has 1 saturated heterocycles. The molecule has 132 valence electrons. The van der Waals surface area contributed by atoms with Gasteiger partial charge in [0.1, 0.15) is 11.9 Å². The second-order valence-corrected chi connectivity index (χ2v) is 7.78. The van der Waals surface area contributed by atoms with Crippen molar-refractivity contribution in [2.45, 2.75) is 17.4 Å². The van der Waals surface area contributed by atoms with Crippen molar-refractivity contribution in [2.75, 3.05) is 13.7 Å². The van der Waals surface area contributed by atoms with Crippen molar-refractivity contribution in [2.24, 2.45) is 23.7 Å². The third-order valence-corrected chi connectivity index (χ3v) is 6.73. The first kappa shape index (κ1) is 16.6. The zero-order valence-electron chi connectivity index (χ0n) is 13.5. The summed E-state index contributed by atoms with van der Waals surface area (Å²) in [6, 6.07) is 6.68. The quantitative estimate of drug-likeness (QED) is 0.421. The highest BCUT2D eigenvalue weighted by molar-refractivity contribution is 9.09. The van der Waals surface area contributed by atoms with Crippen LogP contribution in [0.25, 0.3) is 0 Å². The maximum absolute atomic E-state index is 12.5. The fraction of sp³-hybridized carbons (Fsp3) is 0.500. The van der Waals surface area contributed by atoms with E-state index in [1.54, 1.807) is 24.3 Å². The highest BCUT2D eigenvalue weighted by Crippen LogP contribution is 2.60. The summed E-state index contributed by atoms with van der Waals surface area (Å²) in [6.45, 7) is -0.349. The number of hydrogen-bond acceptors (Lipinski definition) is 6. The standard InChI is InChI=1S/C18H17BrO6/c1-23-9-4-2-3-8(5-9)12(20)7-24-17(21)13-10-6-11-14(13)18(22)25-16(11)15(10)19/h2-5,10-11,13-16H,6-7H2,1H3/t10-,11-,13-,14+,15+,16+/m1/s1. The predicted molar refractivity (Wildman–Crippen MR) is 89.5 cm³/mol. The SMILES string of the molecule is COc1cccc(C(=O)COC(=O)[C@@H]2[C@H]3C[C@H]4[C@H](OC(=O)[C@@H]42)[C@H]3Br)c1. The van der Waals surface area contributed by atoms with Crippen molar-refractivity contribution in [1.29, 1.82) is 0 Å². The lowest BCUT2D eigenvalue weighted by Gasteiger charge is -2.26. The summed E-state index contributed by atoms with van der Waals surface area (Å²) in [7, 11) is 1.52. The molecule has 2 bridgehead atoms. The summed E-state index contributed by atoms with van der Waals surface area (Å²) >= 11 is 3.55. The molecule has 3 fully saturated rings. The fourth-order valence-electron chi connectivity index (χ4n) is 4.41. The molecule has 7 heteroatoms. The van der Waals surface area contributed by atoms with Crippen molar-refractivity contribution >= 4 is 33.7 Å². The van der Waals surface area contributed by atoms with Gasteiger partial charge < -0.3 is 14.2 Å². The van der Waals surface area contributed by atoms with Crippen molar-refractivity contribution in [3.05, 3.63) is 29.8 Å². The second kappa shape index (κ2) is 6.12. The number of ether oxygens (including phenoxy) is 3. The molecule has 0 radical (unpaired) electrons. The topological polar surface area (TPSA) is 78.9 Å². The number of alkyl halides is 1. The smallest absolute Gasteiger partial charge is 0.310 e. The highest BCUT2D eigenvalue weighted by Gasteiger charge is 2.68. The Morgan fingerprint density at radius 2 is 2.12 bits per heavy atom. The summed E-state index contributed by atoms with van der Waals surface area (Å²) in [6.07, 6.45) is 0.644. The lowest BCUT2D eigenvalue weighted by atomic mass is 9.80. The number of ketones is 1. The van der Waals surface area contributed by atoms with Crippen LogP contribution >= 0.6 is 15.9 Å². The third-order valence-electron chi connectivity index (χ3n) is 5.53. The van der Waals surface area contributed by atoms with Crippen molar-refractivity contribution < 1.29 is 28.6 Å². The Kier molecular flexibility index (Phi) is 4.06. The van der Waals surface area contributed by atoms with Crippen LogP contribution in [-0.4, -0.2) is 42.4 Å². The van der Waals surface area contributed by atoms with Crippen LogP contribution < -0.4 is 4.74 Å². The molecule has 25 heavy (non-hydrogen) atoms. The minimum Gasteiger partial charge on any atom is -0.497 e. The van der Waals surface area contributed by atoms with E-state index >= 15 is 0 Å². The molecule has 6 atom stereocenters. The molecular formula is C18H17BrO6. The number of rotatable bonds is 5. The summed E-state index contributed by atoms with van der Waals surface area (Å²) in [4.78, 5) is 36.8. The van der Waals surface area contributed by atoms with Crippen molar-refractivity contribution in [3.63, 3.8) is 0 Å². The first-order chi connectivity index (χ1) is 12.0. The van der Waals surface area contributed by atoms with E-state index in [1.807, 2.05) is 0 Å². The lowest BCUT2D eigenvalue weighted by molar-refractivity contribution is -0.154. The van der Waals surface area contributed by atoms with Crippen LogP contribution in [0, 0.1) is 23.7 Å². The maximum atomic E-state index is 12.5. The van der Waals surface area contributed by atoms with E-state index in [4.69, 9.17) is 14.2 Å². The average Bonchev–Trinajstić information content (AvgIpc) is 3.23. The molecule has 4 rings (SSSR count). The van der Waals surface area contributed by atoms with E-state index in [9.17, 15) is 14.4 Å². The molecule has 1 aliphatic heterocycles. The molecule has 3 aliphatic rings. The molecule has 1 aromatic carbocycles. The van der Waals surface area contributed by atoms with Crippen LogP contribution in [0.5, 0.6) is 5.75 Å². The predicted octanol–water partition coefficient (Wildman–Crippen LogP) is 1.99. The van der Waals surface area contributed by atoms with Gasteiger partial charge in [0.25, 0.3) is 0 Å². The summed E-state index contributed by atoms with van der Waals surface area (Å²) in [5.41, 5.74) is 0.416. The van der Waals surface area contributed by atoms with Gasteiger partial charge >= 0.3 is 11.9 Å². The first-order valence-electron chi connectivity index (χ1n) is 8.19. The van der Waals surface area contributed by atoms with Gasteiger partial charge in [0, 0.05) is 11.5 Å². The zero-order chi connectivity index (χ0) is 17.7. The number of hydrogen-bond donors (Lipinski definition) is 0. The number of fused-ring (bicyclic) bond motifs is 1. The Morgan fingerprint density at radius 1 is 1.32 bits per heavy atom. The van der Waals surface area contributed by atoms with Gasteiger partial charge in [-0.2, -0.15) is 0 Å². The first-order valence-corrected chi connectivity index (χ1v) is 9.11. The van der Waals surface area contributed by atoms with Gasteiger partial charge in [-0.05, 0) is 24.5 Å². The molecule has 0 aromatic heterocycles. The van der Waals surface area contributed by atoms with Crippen LogP contribution in [0.3, 0.4) is 0 Å². The number of carbonyl (C=O) groups excluding carboxylic acids is 3. The molecule has 0 spiro atoms. The number of esters is 2. The molecule has 1 heterocycles. The number of carbonyl (C=O) groups is 3. The van der Waals surface area contributed by atoms with E-state index in [0.29, 0.717) is 11.3 Å². The van der Waals surface area contributed by atoms with Crippen LogP contribution in [0.4, 0.5) is 0 Å². The van der Waals surface area contributed by atoms with E-state index in [2.05, 4.69) is 15.9 Å². The van der Waals surface area contributed by atoms with E-state index < -0.39 is 17.8 Å². The van der Waals surface area contributed by atoms with Gasteiger partial charge in [-0.25, -0.2) is 0 Å². The van der Waals surface area contributed by atoms with Crippen LogP contribution in [-0.2, 0) is 19.1 Å². The van der Waals surface area contributed by atoms with Crippen LogP contribution in [0.15, 0.2) is 24.3 Å². The van der Waals surface area contributed by atoms with E-state index in [0.717, 1.165) is 6.42 Å². The molecular weight excluding hydrogens is 392 g/mol. The molecule has 2 aliphatic carbocycles. The number of methoxy groups -OCH3 is 1. The Balaban J connectivity index is 1.43. The minimum atomic E-state index is -0.529. The van der Waals surface area contributed by atoms with Crippen LogP contribution in [0.1, 0.15) is 16.8 Å². The van der Waals surface area contributed by atoms with Gasteiger partial charge in [0.15, 0.2) is 12.4 Å². The number of Topliss-reactive ketones (excluding diaryl/α,β-unsaturated/α-hetero) is 1. The lowest BCUT2D eigenvalue weighted by Crippen LogP contribution is -2.39. The highest BCUT2D eigenvalue weighted by atomic mass is 79.9. The Labute approximate surface area is 152 Å². The number of benzene rings is 1. The monoisotopic (exact) mass is 408 g/mol.